The summed E-state index contributed by atoms with van der Waals surface area (Å²) in [6.07, 6.45) is 3.91. The number of aromatic nitrogens is 2. The van der Waals surface area contributed by atoms with Gasteiger partial charge in [0.15, 0.2) is 9.84 Å². The maximum atomic E-state index is 13.1. The summed E-state index contributed by atoms with van der Waals surface area (Å²) >= 11 is 0. The lowest BCUT2D eigenvalue weighted by Gasteiger charge is -2.29. The van der Waals surface area contributed by atoms with Gasteiger partial charge in [-0.25, -0.2) is 13.4 Å². The molecule has 1 atom stereocenters. The van der Waals surface area contributed by atoms with Gasteiger partial charge in [-0.3, -0.25) is 9.59 Å². The molecule has 1 aromatic carbocycles. The van der Waals surface area contributed by atoms with E-state index in [4.69, 9.17) is 4.98 Å². The fourth-order valence-corrected chi connectivity index (χ4v) is 5.44. The van der Waals surface area contributed by atoms with Gasteiger partial charge in [-0.2, -0.15) is 0 Å². The molecular formula is C22H28N4O4S. The van der Waals surface area contributed by atoms with E-state index in [0.29, 0.717) is 5.69 Å². The van der Waals surface area contributed by atoms with Crippen LogP contribution in [0.1, 0.15) is 42.4 Å². The highest BCUT2D eigenvalue weighted by Crippen LogP contribution is 2.27. The van der Waals surface area contributed by atoms with E-state index < -0.39 is 15.9 Å². The largest absolute Gasteiger partial charge is 0.339 e. The van der Waals surface area contributed by atoms with Crippen LogP contribution in [0.25, 0.3) is 11.4 Å². The maximum absolute atomic E-state index is 13.1. The number of benzene rings is 1. The van der Waals surface area contributed by atoms with Crippen LogP contribution in [0.15, 0.2) is 30.3 Å². The second-order valence-corrected chi connectivity index (χ2v) is 10.5. The number of amides is 2. The zero-order valence-electron chi connectivity index (χ0n) is 17.7. The number of fused-ring (bicyclic) bond motifs is 1. The summed E-state index contributed by atoms with van der Waals surface area (Å²) in [7, 11) is -3.07. The Labute approximate surface area is 182 Å². The molecule has 9 heteroatoms. The van der Waals surface area contributed by atoms with Crippen molar-refractivity contribution in [2.24, 2.45) is 0 Å². The van der Waals surface area contributed by atoms with E-state index in [9.17, 15) is 18.0 Å². The summed E-state index contributed by atoms with van der Waals surface area (Å²) < 4.78 is 25.4. The predicted molar refractivity (Wildman–Crippen MR) is 117 cm³/mol. The van der Waals surface area contributed by atoms with Gasteiger partial charge in [-0.05, 0) is 26.2 Å². The fourth-order valence-electron chi connectivity index (χ4n) is 4.24. The molecule has 1 aromatic heterocycles. The van der Waals surface area contributed by atoms with Crippen LogP contribution in [0.5, 0.6) is 0 Å². The van der Waals surface area contributed by atoms with E-state index in [0.717, 1.165) is 49.3 Å². The second-order valence-electron chi connectivity index (χ2n) is 8.23. The van der Waals surface area contributed by atoms with Gasteiger partial charge in [0.1, 0.15) is 17.6 Å². The number of carbonyl (C=O) groups is 2. The molecular weight excluding hydrogens is 416 g/mol. The molecule has 0 spiro atoms. The molecule has 8 nitrogen and oxygen atoms in total. The average molecular weight is 445 g/mol. The second kappa shape index (κ2) is 8.82. The van der Waals surface area contributed by atoms with Crippen molar-refractivity contribution in [1.82, 2.24) is 19.8 Å². The zero-order chi connectivity index (χ0) is 22.0. The molecule has 0 aliphatic carbocycles. The van der Waals surface area contributed by atoms with Crippen LogP contribution in [0.2, 0.25) is 0 Å². The Kier molecular flexibility index (Phi) is 6.13. The molecule has 2 aliphatic heterocycles. The first-order valence-electron chi connectivity index (χ1n) is 10.8. The Hall–Kier alpha value is -2.68. The smallest absolute Gasteiger partial charge is 0.272 e. The normalized spacial score (nSPS) is 19.2. The maximum Gasteiger partial charge on any atom is 0.272 e. The summed E-state index contributed by atoms with van der Waals surface area (Å²) in [6.45, 7) is 2.78. The van der Waals surface area contributed by atoms with Gasteiger partial charge in [0, 0.05) is 25.2 Å². The SMILES string of the molecule is CC(NC(=O)c1nc(-c2ccccc2)n2c1CCCCC2)C(=O)N1CCS(=O)(=O)CC1. The monoisotopic (exact) mass is 444 g/mol. The third-order valence-electron chi connectivity index (χ3n) is 5.99. The molecule has 3 heterocycles. The van der Waals surface area contributed by atoms with Crippen molar-refractivity contribution in [1.29, 1.82) is 0 Å². The Morgan fingerprint density at radius 2 is 1.74 bits per heavy atom. The highest BCUT2D eigenvalue weighted by Gasteiger charge is 2.30. The molecule has 1 fully saturated rings. The molecule has 4 rings (SSSR count). The highest BCUT2D eigenvalue weighted by molar-refractivity contribution is 7.91. The van der Waals surface area contributed by atoms with E-state index in [2.05, 4.69) is 9.88 Å². The van der Waals surface area contributed by atoms with Crippen LogP contribution in [-0.4, -0.2) is 65.3 Å². The first-order valence-corrected chi connectivity index (χ1v) is 12.6. The van der Waals surface area contributed by atoms with E-state index in [1.54, 1.807) is 6.92 Å². The van der Waals surface area contributed by atoms with Crippen LogP contribution in [0.4, 0.5) is 0 Å². The Morgan fingerprint density at radius 1 is 1.03 bits per heavy atom. The van der Waals surface area contributed by atoms with Crippen LogP contribution in [0, 0.1) is 0 Å². The van der Waals surface area contributed by atoms with Crippen LogP contribution in [0.3, 0.4) is 0 Å². The van der Waals surface area contributed by atoms with Gasteiger partial charge < -0.3 is 14.8 Å². The minimum Gasteiger partial charge on any atom is -0.339 e. The Morgan fingerprint density at radius 3 is 2.45 bits per heavy atom. The number of nitrogens with one attached hydrogen (secondary N) is 1. The first-order chi connectivity index (χ1) is 14.9. The summed E-state index contributed by atoms with van der Waals surface area (Å²) in [5.74, 6) is 0.0843. The number of carbonyl (C=O) groups excluding carboxylic acids is 2. The number of imidazole rings is 1. The summed E-state index contributed by atoms with van der Waals surface area (Å²) in [4.78, 5) is 32.1. The molecule has 2 aliphatic rings. The Balaban J connectivity index is 1.54. The van der Waals surface area contributed by atoms with E-state index in [-0.39, 0.29) is 36.4 Å². The van der Waals surface area contributed by atoms with Gasteiger partial charge in [0.2, 0.25) is 5.91 Å². The lowest BCUT2D eigenvalue weighted by Crippen LogP contribution is -2.51. The van der Waals surface area contributed by atoms with Crippen molar-refractivity contribution in [3.05, 3.63) is 41.7 Å². The van der Waals surface area contributed by atoms with Crippen LogP contribution in [-0.2, 0) is 27.6 Å². The predicted octanol–water partition coefficient (Wildman–Crippen LogP) is 1.65. The van der Waals surface area contributed by atoms with Crippen molar-refractivity contribution in [2.45, 2.75) is 45.2 Å². The number of hydrogen-bond donors (Lipinski definition) is 1. The molecule has 0 saturated carbocycles. The van der Waals surface area contributed by atoms with Gasteiger partial charge >= 0.3 is 0 Å². The van der Waals surface area contributed by atoms with Crippen LogP contribution < -0.4 is 5.32 Å². The quantitative estimate of drug-likeness (QED) is 0.773. The zero-order valence-corrected chi connectivity index (χ0v) is 18.5. The third kappa shape index (κ3) is 4.66. The van der Waals surface area contributed by atoms with Gasteiger partial charge in [0.05, 0.1) is 17.2 Å². The summed E-state index contributed by atoms with van der Waals surface area (Å²) in [5, 5.41) is 2.79. The van der Waals surface area contributed by atoms with Crippen LogP contribution >= 0.6 is 0 Å². The molecule has 0 bridgehead atoms. The molecule has 2 amide bonds. The van der Waals surface area contributed by atoms with E-state index in [1.807, 2.05) is 30.3 Å². The van der Waals surface area contributed by atoms with Gasteiger partial charge in [-0.15, -0.1) is 0 Å². The van der Waals surface area contributed by atoms with Crippen molar-refractivity contribution in [3.63, 3.8) is 0 Å². The van der Waals surface area contributed by atoms with Crippen molar-refractivity contribution in [2.75, 3.05) is 24.6 Å². The third-order valence-corrected chi connectivity index (χ3v) is 7.60. The highest BCUT2D eigenvalue weighted by atomic mass is 32.2. The number of rotatable bonds is 4. The standard InChI is InChI=1S/C22H28N4O4S/c1-16(22(28)25-12-14-31(29,30)15-13-25)23-21(27)19-18-10-6-3-7-11-26(18)20(24-19)17-8-4-2-5-9-17/h2,4-5,8-9,16H,3,6-7,10-15H2,1H3,(H,23,27). The van der Waals surface area contributed by atoms with E-state index >= 15 is 0 Å². The van der Waals surface area contributed by atoms with Gasteiger partial charge in [0.25, 0.3) is 5.91 Å². The average Bonchev–Trinajstić information content (AvgIpc) is 2.95. The molecule has 31 heavy (non-hydrogen) atoms. The topological polar surface area (TPSA) is 101 Å². The number of sulfone groups is 1. The fraction of sp³-hybridized carbons (Fsp3) is 0.500. The van der Waals surface area contributed by atoms with Crippen molar-refractivity contribution < 1.29 is 18.0 Å². The van der Waals surface area contributed by atoms with E-state index in [1.165, 1.54) is 4.90 Å². The molecule has 1 saturated heterocycles. The number of hydrogen-bond acceptors (Lipinski definition) is 5. The minimum absolute atomic E-state index is 0.0333. The molecule has 166 valence electrons. The molecule has 2 aromatic rings. The Bertz CT molecular complexity index is 1060. The van der Waals surface area contributed by atoms with Gasteiger partial charge in [-0.1, -0.05) is 36.8 Å². The van der Waals surface area contributed by atoms with Crippen molar-refractivity contribution >= 4 is 21.7 Å². The van der Waals surface area contributed by atoms with Crippen molar-refractivity contribution in [3.8, 4) is 11.4 Å². The molecule has 1 unspecified atom stereocenters. The number of nitrogens with zero attached hydrogens (tertiary/aromatic N) is 3. The molecule has 0 radical (unpaired) electrons. The molecule has 1 N–H and O–H groups in total. The minimum atomic E-state index is -3.07. The summed E-state index contributed by atoms with van der Waals surface area (Å²) in [6, 6.07) is 9.07. The lowest BCUT2D eigenvalue weighted by atomic mass is 10.1. The lowest BCUT2D eigenvalue weighted by molar-refractivity contribution is -0.132. The summed E-state index contributed by atoms with van der Waals surface area (Å²) in [5.41, 5.74) is 2.25. The first kappa shape index (κ1) is 21.5.